The van der Waals surface area contributed by atoms with Crippen LogP contribution in [0.5, 0.6) is 0 Å². The van der Waals surface area contributed by atoms with Crippen LogP contribution < -0.4 is 5.73 Å². The molecule has 10 atom stereocenters. The molecule has 11 heteroatoms. The second kappa shape index (κ2) is 21.2. The van der Waals surface area contributed by atoms with Gasteiger partial charge < -0.3 is 35.4 Å². The second-order valence-corrected chi connectivity index (χ2v) is 17.6. The topological polar surface area (TPSA) is 177 Å². The molecule has 1 amide bonds. The molecular formula is C45H70N2O9. The Kier molecular flexibility index (Phi) is 17.3. The maximum absolute atomic E-state index is 14.1. The minimum atomic E-state index is -2.40. The molecule has 0 radical (unpaired) electrons. The van der Waals surface area contributed by atoms with Gasteiger partial charge in [-0.3, -0.25) is 14.4 Å². The Hall–Kier alpha value is -2.96. The van der Waals surface area contributed by atoms with Crippen molar-refractivity contribution in [2.45, 2.75) is 174 Å². The number of carbonyl (C=O) groups excluding carboxylic acids is 4. The van der Waals surface area contributed by atoms with Gasteiger partial charge in [0.1, 0.15) is 17.9 Å². The van der Waals surface area contributed by atoms with E-state index in [1.165, 1.54) is 4.90 Å². The van der Waals surface area contributed by atoms with Crippen LogP contribution in [0.4, 0.5) is 0 Å². The van der Waals surface area contributed by atoms with Crippen molar-refractivity contribution in [2.24, 2.45) is 35.3 Å². The zero-order chi connectivity index (χ0) is 41.2. The van der Waals surface area contributed by atoms with E-state index in [4.69, 9.17) is 15.2 Å². The first-order valence-corrected chi connectivity index (χ1v) is 21.3. The van der Waals surface area contributed by atoms with Gasteiger partial charge in [-0.15, -0.1) is 0 Å². The maximum atomic E-state index is 14.1. The minimum absolute atomic E-state index is 0.0566. The number of hydrogen-bond acceptors (Lipinski definition) is 10. The van der Waals surface area contributed by atoms with E-state index in [1.807, 2.05) is 44.2 Å². The third-order valence-corrected chi connectivity index (χ3v) is 12.9. The van der Waals surface area contributed by atoms with Gasteiger partial charge in [0, 0.05) is 43.7 Å². The number of piperidine rings is 1. The molecule has 3 fully saturated rings. The van der Waals surface area contributed by atoms with E-state index >= 15 is 0 Å². The maximum Gasteiger partial charge on any atom is 0.329 e. The number of hydrogen-bond donors (Lipinski definition) is 4. The number of rotatable bonds is 3. The average molecular weight is 783 g/mol. The van der Waals surface area contributed by atoms with E-state index in [-0.39, 0.29) is 49.0 Å². The Morgan fingerprint density at radius 2 is 1.62 bits per heavy atom. The summed E-state index contributed by atoms with van der Waals surface area (Å²) >= 11 is 0. The predicted octanol–water partition coefficient (Wildman–Crippen LogP) is 6.04. The summed E-state index contributed by atoms with van der Waals surface area (Å²) < 4.78 is 12.3. The number of ether oxygens (including phenoxy) is 2. The molecule has 4 aliphatic rings. The molecule has 0 aromatic rings. The van der Waals surface area contributed by atoms with Crippen molar-refractivity contribution in [1.82, 2.24) is 4.90 Å². The number of nitrogens with zero attached hydrogens (tertiary/aromatic N) is 1. The number of amides is 1. The summed E-state index contributed by atoms with van der Waals surface area (Å²) in [5.74, 6) is -5.40. The van der Waals surface area contributed by atoms with Crippen molar-refractivity contribution in [1.29, 1.82) is 0 Å². The number of esters is 1. The van der Waals surface area contributed by atoms with Crippen LogP contribution in [0.2, 0.25) is 0 Å². The lowest BCUT2D eigenvalue weighted by atomic mass is 9.80. The van der Waals surface area contributed by atoms with Gasteiger partial charge in [0.15, 0.2) is 0 Å². The van der Waals surface area contributed by atoms with E-state index in [0.29, 0.717) is 56.4 Å². The zero-order valence-electron chi connectivity index (χ0n) is 34.7. The number of ketones is 2. The van der Waals surface area contributed by atoms with Crippen LogP contribution >= 0.6 is 0 Å². The minimum Gasteiger partial charge on any atom is -0.460 e. The first kappa shape index (κ1) is 45.7. The zero-order valence-corrected chi connectivity index (χ0v) is 34.7. The van der Waals surface area contributed by atoms with Crippen LogP contribution in [-0.2, 0) is 28.7 Å². The van der Waals surface area contributed by atoms with Crippen molar-refractivity contribution in [3.8, 4) is 0 Å². The quantitative estimate of drug-likeness (QED) is 0.150. The summed E-state index contributed by atoms with van der Waals surface area (Å²) in [5.41, 5.74) is 8.08. The molecule has 1 saturated carbocycles. The molecule has 0 aromatic carbocycles. The van der Waals surface area contributed by atoms with Gasteiger partial charge in [0.25, 0.3) is 11.7 Å². The fourth-order valence-electron chi connectivity index (χ4n) is 8.76. The number of Topliss-reactive ketones (excluding diaryl/α,β-unsaturated/α-hetero) is 2. The van der Waals surface area contributed by atoms with Crippen LogP contribution in [-0.4, -0.2) is 92.5 Å². The molecule has 2 bridgehead atoms. The Bertz CT molecular complexity index is 1480. The highest BCUT2D eigenvalue weighted by Gasteiger charge is 2.53. The van der Waals surface area contributed by atoms with Crippen LogP contribution in [0.15, 0.2) is 47.6 Å². The van der Waals surface area contributed by atoms with E-state index in [9.17, 15) is 34.5 Å². The van der Waals surface area contributed by atoms with Crippen molar-refractivity contribution < 1.29 is 44.0 Å². The van der Waals surface area contributed by atoms with Crippen LogP contribution in [0.1, 0.15) is 131 Å². The molecular weight excluding hydrogens is 712 g/mol. The predicted molar refractivity (Wildman–Crippen MR) is 216 cm³/mol. The Morgan fingerprint density at radius 1 is 0.911 bits per heavy atom. The van der Waals surface area contributed by atoms with Crippen LogP contribution in [0, 0.1) is 29.6 Å². The van der Waals surface area contributed by atoms with Gasteiger partial charge in [-0.05, 0) is 108 Å². The number of fused-ring (bicyclic) bond motifs is 3. The van der Waals surface area contributed by atoms with Crippen molar-refractivity contribution >= 4 is 23.4 Å². The summed E-state index contributed by atoms with van der Waals surface area (Å²) in [6, 6.07) is -1.50. The number of aliphatic hydroxyl groups is 3. The van der Waals surface area contributed by atoms with Crippen molar-refractivity contribution in [3.63, 3.8) is 0 Å². The number of aliphatic hydroxyl groups excluding tert-OH is 2. The van der Waals surface area contributed by atoms with Crippen molar-refractivity contribution in [3.05, 3.63) is 47.6 Å². The monoisotopic (exact) mass is 783 g/mol. The second-order valence-electron chi connectivity index (χ2n) is 17.6. The van der Waals surface area contributed by atoms with Crippen molar-refractivity contribution in [2.75, 3.05) is 6.54 Å². The highest BCUT2D eigenvalue weighted by atomic mass is 16.6. The van der Waals surface area contributed by atoms with E-state index in [0.717, 1.165) is 37.7 Å². The van der Waals surface area contributed by atoms with E-state index in [1.54, 1.807) is 19.9 Å². The van der Waals surface area contributed by atoms with Gasteiger partial charge in [-0.1, -0.05) is 69.7 Å². The molecule has 0 aromatic heterocycles. The number of allylic oxidation sites excluding steroid dienone is 5. The fraction of sp³-hybridized carbons (Fsp3) is 0.733. The largest absolute Gasteiger partial charge is 0.460 e. The first-order chi connectivity index (χ1) is 26.5. The van der Waals surface area contributed by atoms with Gasteiger partial charge in [-0.25, -0.2) is 4.79 Å². The average Bonchev–Trinajstić information content (AvgIpc) is 3.17. The van der Waals surface area contributed by atoms with Gasteiger partial charge in [-0.2, -0.15) is 0 Å². The summed E-state index contributed by atoms with van der Waals surface area (Å²) in [7, 11) is 0. The molecule has 314 valence electrons. The van der Waals surface area contributed by atoms with Gasteiger partial charge >= 0.3 is 5.97 Å². The number of cyclic esters (lactones) is 1. The Labute approximate surface area is 334 Å². The van der Waals surface area contributed by atoms with Gasteiger partial charge in [0.2, 0.25) is 5.79 Å². The Balaban J connectivity index is 1.63. The van der Waals surface area contributed by atoms with Crippen LogP contribution in [0.3, 0.4) is 0 Å². The molecule has 56 heavy (non-hydrogen) atoms. The van der Waals surface area contributed by atoms with Crippen LogP contribution in [0.25, 0.3) is 0 Å². The molecule has 1 aliphatic carbocycles. The smallest absolute Gasteiger partial charge is 0.329 e. The first-order valence-electron chi connectivity index (χ1n) is 21.3. The number of carbonyl (C=O) groups is 4. The molecule has 11 nitrogen and oxygen atoms in total. The molecule has 5 N–H and O–H groups in total. The lowest BCUT2D eigenvalue weighted by molar-refractivity contribution is -0.265. The molecule has 0 spiro atoms. The lowest BCUT2D eigenvalue weighted by Crippen LogP contribution is -2.60. The highest BCUT2D eigenvalue weighted by Crippen LogP contribution is 2.37. The fourth-order valence-corrected chi connectivity index (χ4v) is 8.76. The standard InChI is InChI=1S/C45H70N2O9/c1-28-12-8-7-9-13-30(3)39(49)26-36-21-16-33(6)45(54,56-36)42(51)43(52)47-23-11-10-14-38(47)44(53)55-41(32(5)25-34-17-19-35(48)20-18-34)22-15-29(2)37(46)27-40(50)31(4)24-28/h7-9,12-13,15,28,31-39,41,48-49,54H,10-11,14,16-27,46H2,1-6H3/b9-7+,12-8+,29-15+,30-13+/t28-,31-,32-,33-,34?,35?,36+,37+,38+,39+,41?,45-/m1/s1. The molecule has 1 unspecified atom stereocenters. The SMILES string of the molecule is C/C1=C\CC([C@H](C)CC2CCC(O)CC2)OC(=O)[C@@H]2CCCCN2C(=O)C(=O)[C@]2(O)O[C@@H](CC[C@H]2C)C[C@H](O)/C(C)=C/C=C/C=C/[C@@H](C)C[C@@H](C)C(=O)C[C@@H]1N. The van der Waals surface area contributed by atoms with E-state index in [2.05, 4.69) is 13.8 Å². The summed E-state index contributed by atoms with van der Waals surface area (Å²) in [5, 5.41) is 32.8. The Morgan fingerprint density at radius 3 is 2.34 bits per heavy atom. The molecule has 3 aliphatic heterocycles. The third-order valence-electron chi connectivity index (χ3n) is 12.9. The summed E-state index contributed by atoms with van der Waals surface area (Å²) in [6.45, 7) is 11.6. The molecule has 2 saturated heterocycles. The lowest BCUT2D eigenvalue weighted by Gasteiger charge is -2.42. The summed E-state index contributed by atoms with van der Waals surface area (Å²) in [4.78, 5) is 56.6. The number of nitrogens with two attached hydrogens (primary N) is 1. The molecule has 3 heterocycles. The normalized spacial score (nSPS) is 40.5. The van der Waals surface area contributed by atoms with Gasteiger partial charge in [0.05, 0.1) is 18.3 Å². The third kappa shape index (κ3) is 12.5. The van der Waals surface area contributed by atoms with E-state index < -0.39 is 59.8 Å². The highest BCUT2D eigenvalue weighted by molar-refractivity contribution is 6.39. The molecule has 4 rings (SSSR count). The summed E-state index contributed by atoms with van der Waals surface area (Å²) in [6.07, 6.45) is 16.9.